The van der Waals surface area contributed by atoms with E-state index in [9.17, 15) is 5.11 Å². The molecule has 0 spiro atoms. The van der Waals surface area contributed by atoms with Crippen molar-refractivity contribution in [2.75, 3.05) is 24.7 Å². The predicted octanol–water partition coefficient (Wildman–Crippen LogP) is 1.49. The van der Waals surface area contributed by atoms with Gasteiger partial charge in [0.05, 0.1) is 0 Å². The molecule has 1 fully saturated rings. The molecule has 0 aliphatic carbocycles. The second-order valence-corrected chi connectivity index (χ2v) is 5.41. The zero-order chi connectivity index (χ0) is 9.73. The molecule has 0 aromatic carbocycles. The summed E-state index contributed by atoms with van der Waals surface area (Å²) < 4.78 is 0. The van der Waals surface area contributed by atoms with Gasteiger partial charge in [0.25, 0.3) is 0 Å². The lowest BCUT2D eigenvalue weighted by Crippen LogP contribution is -2.40. The molecule has 78 valence electrons. The number of aliphatic hydroxyl groups is 1. The fourth-order valence-corrected chi connectivity index (χ4v) is 2.57. The number of hydrogen-bond donors (Lipinski definition) is 2. The van der Waals surface area contributed by atoms with Gasteiger partial charge in [-0.1, -0.05) is 13.8 Å². The molecule has 0 bridgehead atoms. The van der Waals surface area contributed by atoms with Crippen LogP contribution in [0.15, 0.2) is 0 Å². The highest BCUT2D eigenvalue weighted by molar-refractivity contribution is 7.99. The summed E-state index contributed by atoms with van der Waals surface area (Å²) in [7, 11) is 0. The average molecular weight is 203 g/mol. The third-order valence-corrected chi connectivity index (χ3v) is 4.14. The first kappa shape index (κ1) is 11.3. The van der Waals surface area contributed by atoms with Crippen molar-refractivity contribution in [2.45, 2.75) is 32.7 Å². The molecular weight excluding hydrogens is 182 g/mol. The van der Waals surface area contributed by atoms with E-state index in [1.165, 1.54) is 17.9 Å². The van der Waals surface area contributed by atoms with Gasteiger partial charge in [0, 0.05) is 30.4 Å². The molecule has 1 heterocycles. The maximum absolute atomic E-state index is 9.21. The maximum atomic E-state index is 9.21. The van der Waals surface area contributed by atoms with Crippen LogP contribution in [0.2, 0.25) is 0 Å². The molecule has 2 unspecified atom stereocenters. The van der Waals surface area contributed by atoms with Crippen molar-refractivity contribution in [3.63, 3.8) is 0 Å². The molecule has 13 heavy (non-hydrogen) atoms. The summed E-state index contributed by atoms with van der Waals surface area (Å²) in [5.74, 6) is 2.53. The van der Waals surface area contributed by atoms with Crippen LogP contribution < -0.4 is 5.32 Å². The van der Waals surface area contributed by atoms with E-state index in [1.807, 2.05) is 11.8 Å². The Bertz CT molecular complexity index is 142. The second kappa shape index (κ2) is 5.23. The molecule has 0 aromatic heterocycles. The van der Waals surface area contributed by atoms with Crippen molar-refractivity contribution in [1.29, 1.82) is 0 Å². The fraction of sp³-hybridized carbons (Fsp3) is 1.00. The van der Waals surface area contributed by atoms with Gasteiger partial charge in [0.15, 0.2) is 0 Å². The summed E-state index contributed by atoms with van der Waals surface area (Å²) in [5.41, 5.74) is 0.0766. The lowest BCUT2D eigenvalue weighted by molar-refractivity contribution is 0.132. The largest absolute Gasteiger partial charge is 0.396 e. The quantitative estimate of drug-likeness (QED) is 0.710. The maximum Gasteiger partial charge on any atom is 0.0496 e. The Labute approximate surface area is 85.5 Å². The molecule has 1 saturated heterocycles. The van der Waals surface area contributed by atoms with Gasteiger partial charge in [-0.3, -0.25) is 0 Å². The Balaban J connectivity index is 2.22. The molecule has 1 aliphatic rings. The van der Waals surface area contributed by atoms with Gasteiger partial charge in [0.2, 0.25) is 0 Å². The summed E-state index contributed by atoms with van der Waals surface area (Å²) >= 11 is 2.02. The molecule has 0 saturated carbocycles. The van der Waals surface area contributed by atoms with E-state index in [4.69, 9.17) is 0 Å². The SMILES string of the molecule is CCC(C)(CO)CNC1CCSC1. The van der Waals surface area contributed by atoms with Gasteiger partial charge in [-0.05, 0) is 18.6 Å². The number of hydrogen-bond acceptors (Lipinski definition) is 3. The molecular formula is C10H21NOS. The summed E-state index contributed by atoms with van der Waals surface area (Å²) in [6.07, 6.45) is 2.33. The Morgan fingerprint density at radius 2 is 2.38 bits per heavy atom. The second-order valence-electron chi connectivity index (χ2n) is 4.26. The fourth-order valence-electron chi connectivity index (χ4n) is 1.38. The lowest BCUT2D eigenvalue weighted by atomic mass is 9.88. The molecule has 2 atom stereocenters. The van der Waals surface area contributed by atoms with Gasteiger partial charge in [-0.25, -0.2) is 0 Å². The van der Waals surface area contributed by atoms with Crippen molar-refractivity contribution in [2.24, 2.45) is 5.41 Å². The standard InChI is InChI=1S/C10H21NOS/c1-3-10(2,8-12)7-11-9-4-5-13-6-9/h9,11-12H,3-8H2,1-2H3. The molecule has 0 amide bonds. The van der Waals surface area contributed by atoms with E-state index in [0.29, 0.717) is 6.04 Å². The zero-order valence-corrected chi connectivity index (χ0v) is 9.49. The summed E-state index contributed by atoms with van der Waals surface area (Å²) in [4.78, 5) is 0. The van der Waals surface area contributed by atoms with Crippen LogP contribution >= 0.6 is 11.8 Å². The molecule has 1 rings (SSSR count). The smallest absolute Gasteiger partial charge is 0.0496 e. The van der Waals surface area contributed by atoms with Gasteiger partial charge in [0.1, 0.15) is 0 Å². The first-order chi connectivity index (χ1) is 6.20. The van der Waals surface area contributed by atoms with Crippen LogP contribution in [-0.2, 0) is 0 Å². The zero-order valence-electron chi connectivity index (χ0n) is 8.68. The number of nitrogens with one attached hydrogen (secondary N) is 1. The van der Waals surface area contributed by atoms with Crippen LogP contribution in [0, 0.1) is 5.41 Å². The van der Waals surface area contributed by atoms with Crippen LogP contribution in [0.25, 0.3) is 0 Å². The van der Waals surface area contributed by atoms with E-state index < -0.39 is 0 Å². The van der Waals surface area contributed by atoms with Crippen molar-refractivity contribution in [3.8, 4) is 0 Å². The first-order valence-electron chi connectivity index (χ1n) is 5.12. The van der Waals surface area contributed by atoms with Crippen LogP contribution in [0.3, 0.4) is 0 Å². The highest BCUT2D eigenvalue weighted by atomic mass is 32.2. The third-order valence-electron chi connectivity index (χ3n) is 2.98. The van der Waals surface area contributed by atoms with Crippen molar-refractivity contribution in [1.82, 2.24) is 5.32 Å². The third kappa shape index (κ3) is 3.49. The lowest BCUT2D eigenvalue weighted by Gasteiger charge is -2.27. The minimum atomic E-state index is 0.0766. The Morgan fingerprint density at radius 3 is 2.85 bits per heavy atom. The van der Waals surface area contributed by atoms with E-state index in [2.05, 4.69) is 19.2 Å². The average Bonchev–Trinajstić information content (AvgIpc) is 2.67. The van der Waals surface area contributed by atoms with Gasteiger partial charge in [-0.2, -0.15) is 11.8 Å². The van der Waals surface area contributed by atoms with E-state index in [-0.39, 0.29) is 12.0 Å². The molecule has 3 heteroatoms. The van der Waals surface area contributed by atoms with Gasteiger partial charge in [-0.15, -0.1) is 0 Å². The van der Waals surface area contributed by atoms with Crippen LogP contribution in [-0.4, -0.2) is 35.8 Å². The van der Waals surface area contributed by atoms with Gasteiger partial charge < -0.3 is 10.4 Å². The Kier molecular flexibility index (Phi) is 4.56. The van der Waals surface area contributed by atoms with E-state index in [1.54, 1.807) is 0 Å². The number of aliphatic hydroxyl groups excluding tert-OH is 1. The van der Waals surface area contributed by atoms with Crippen molar-refractivity contribution < 1.29 is 5.11 Å². The number of thioether (sulfide) groups is 1. The number of rotatable bonds is 5. The Hall–Kier alpha value is 0.270. The van der Waals surface area contributed by atoms with Crippen LogP contribution in [0.5, 0.6) is 0 Å². The normalized spacial score (nSPS) is 27.5. The van der Waals surface area contributed by atoms with Gasteiger partial charge >= 0.3 is 0 Å². The predicted molar refractivity (Wildman–Crippen MR) is 59.2 cm³/mol. The minimum Gasteiger partial charge on any atom is -0.396 e. The molecule has 2 nitrogen and oxygen atoms in total. The van der Waals surface area contributed by atoms with E-state index >= 15 is 0 Å². The monoisotopic (exact) mass is 203 g/mol. The molecule has 0 radical (unpaired) electrons. The highest BCUT2D eigenvalue weighted by Gasteiger charge is 2.23. The minimum absolute atomic E-state index is 0.0766. The topological polar surface area (TPSA) is 32.3 Å². The summed E-state index contributed by atoms with van der Waals surface area (Å²) in [6, 6.07) is 0.683. The van der Waals surface area contributed by atoms with Crippen LogP contribution in [0.1, 0.15) is 26.7 Å². The Morgan fingerprint density at radius 1 is 1.62 bits per heavy atom. The molecule has 1 aliphatic heterocycles. The van der Waals surface area contributed by atoms with Crippen molar-refractivity contribution in [3.05, 3.63) is 0 Å². The molecule has 2 N–H and O–H groups in total. The first-order valence-corrected chi connectivity index (χ1v) is 6.27. The summed E-state index contributed by atoms with van der Waals surface area (Å²) in [6.45, 7) is 5.52. The van der Waals surface area contributed by atoms with Crippen LogP contribution in [0.4, 0.5) is 0 Å². The van der Waals surface area contributed by atoms with Crippen molar-refractivity contribution >= 4 is 11.8 Å². The highest BCUT2D eigenvalue weighted by Crippen LogP contribution is 2.21. The molecule has 0 aromatic rings. The van der Waals surface area contributed by atoms with E-state index in [0.717, 1.165) is 13.0 Å². The summed E-state index contributed by atoms with van der Waals surface area (Å²) in [5, 5.41) is 12.8.